The second-order valence-corrected chi connectivity index (χ2v) is 3.83. The Morgan fingerprint density at radius 2 is 1.93 bits per heavy atom. The quantitative estimate of drug-likeness (QED) is 0.703. The average molecular weight is 215 g/mol. The smallest absolute Gasteiger partial charge is 0.305 e. The first kappa shape index (κ1) is 13.9. The van der Waals surface area contributed by atoms with E-state index in [1.54, 1.807) is 4.90 Å². The molecule has 0 radical (unpaired) electrons. The van der Waals surface area contributed by atoms with E-state index in [2.05, 4.69) is 0 Å². The van der Waals surface area contributed by atoms with Gasteiger partial charge in [-0.25, -0.2) is 0 Å². The summed E-state index contributed by atoms with van der Waals surface area (Å²) in [5.74, 6) is -0.422. The zero-order valence-corrected chi connectivity index (χ0v) is 9.82. The number of rotatable bonds is 7. The van der Waals surface area contributed by atoms with E-state index in [0.29, 0.717) is 25.4 Å². The molecule has 0 aromatic carbocycles. The van der Waals surface area contributed by atoms with Crippen molar-refractivity contribution in [3.63, 3.8) is 0 Å². The Labute approximate surface area is 91.3 Å². The molecule has 4 nitrogen and oxygen atoms in total. The Balaban J connectivity index is 4.04. The highest BCUT2D eigenvalue weighted by molar-refractivity contribution is 5.77. The molecule has 88 valence electrons. The molecule has 0 bridgehead atoms. The molecule has 4 heteroatoms. The molecule has 0 aromatic heterocycles. The molecule has 0 aromatic rings. The van der Waals surface area contributed by atoms with Gasteiger partial charge in [0.15, 0.2) is 0 Å². The van der Waals surface area contributed by atoms with Crippen molar-refractivity contribution in [3.8, 4) is 0 Å². The summed E-state index contributed by atoms with van der Waals surface area (Å²) in [7, 11) is 0. The van der Waals surface area contributed by atoms with Gasteiger partial charge < -0.3 is 10.0 Å². The van der Waals surface area contributed by atoms with Gasteiger partial charge in [0.25, 0.3) is 0 Å². The average Bonchev–Trinajstić information content (AvgIpc) is 2.18. The van der Waals surface area contributed by atoms with Crippen LogP contribution in [0.4, 0.5) is 0 Å². The van der Waals surface area contributed by atoms with Crippen LogP contribution in [0.2, 0.25) is 0 Å². The number of hydrogen-bond donors (Lipinski definition) is 1. The molecular formula is C11H21NO3. The van der Waals surface area contributed by atoms with Crippen molar-refractivity contribution in [1.82, 2.24) is 4.90 Å². The lowest BCUT2D eigenvalue weighted by molar-refractivity contribution is -0.138. The van der Waals surface area contributed by atoms with Crippen molar-refractivity contribution >= 4 is 11.9 Å². The van der Waals surface area contributed by atoms with Crippen molar-refractivity contribution in [2.24, 2.45) is 5.92 Å². The number of carboxylic acid groups (broad SMARTS) is 1. The number of aliphatic carboxylic acids is 1. The van der Waals surface area contributed by atoms with Crippen LogP contribution in [-0.2, 0) is 9.59 Å². The van der Waals surface area contributed by atoms with Crippen LogP contribution in [-0.4, -0.2) is 35.0 Å². The number of carbonyl (C=O) groups is 2. The van der Waals surface area contributed by atoms with Crippen molar-refractivity contribution in [1.29, 1.82) is 0 Å². The van der Waals surface area contributed by atoms with E-state index >= 15 is 0 Å². The molecule has 0 saturated carbocycles. The first-order valence-electron chi connectivity index (χ1n) is 5.50. The van der Waals surface area contributed by atoms with Crippen LogP contribution in [0.25, 0.3) is 0 Å². The Kier molecular flexibility index (Phi) is 6.75. The zero-order valence-electron chi connectivity index (χ0n) is 9.82. The molecule has 0 fully saturated rings. The SMILES string of the molecule is CCC(C)CC(=O)N(CC)CCC(=O)O. The number of nitrogens with zero attached hydrogens (tertiary/aromatic N) is 1. The van der Waals surface area contributed by atoms with Gasteiger partial charge in [0, 0.05) is 19.5 Å². The molecule has 15 heavy (non-hydrogen) atoms. The van der Waals surface area contributed by atoms with Gasteiger partial charge in [-0.15, -0.1) is 0 Å². The van der Waals surface area contributed by atoms with E-state index < -0.39 is 5.97 Å². The van der Waals surface area contributed by atoms with Crippen LogP contribution >= 0.6 is 0 Å². The van der Waals surface area contributed by atoms with Crippen LogP contribution < -0.4 is 0 Å². The van der Waals surface area contributed by atoms with Crippen LogP contribution in [0.15, 0.2) is 0 Å². The summed E-state index contributed by atoms with van der Waals surface area (Å²) in [5.41, 5.74) is 0. The van der Waals surface area contributed by atoms with Crippen molar-refractivity contribution in [2.75, 3.05) is 13.1 Å². The van der Waals surface area contributed by atoms with Gasteiger partial charge in [-0.3, -0.25) is 9.59 Å². The van der Waals surface area contributed by atoms with Crippen LogP contribution in [0, 0.1) is 5.92 Å². The number of amides is 1. The molecule has 0 heterocycles. The summed E-state index contributed by atoms with van der Waals surface area (Å²) < 4.78 is 0. The lowest BCUT2D eigenvalue weighted by Crippen LogP contribution is -2.33. The zero-order chi connectivity index (χ0) is 11.8. The van der Waals surface area contributed by atoms with Gasteiger partial charge in [-0.2, -0.15) is 0 Å². The highest BCUT2D eigenvalue weighted by Gasteiger charge is 2.15. The van der Waals surface area contributed by atoms with Crippen molar-refractivity contribution < 1.29 is 14.7 Å². The number of carboxylic acids is 1. The molecule has 0 saturated heterocycles. The molecular weight excluding hydrogens is 194 g/mol. The molecule has 1 N–H and O–H groups in total. The third kappa shape index (κ3) is 6.10. The van der Waals surface area contributed by atoms with Gasteiger partial charge in [0.1, 0.15) is 0 Å². The fourth-order valence-electron chi connectivity index (χ4n) is 1.26. The monoisotopic (exact) mass is 215 g/mol. The highest BCUT2D eigenvalue weighted by atomic mass is 16.4. The second-order valence-electron chi connectivity index (χ2n) is 3.83. The van der Waals surface area contributed by atoms with Crippen LogP contribution in [0.3, 0.4) is 0 Å². The predicted octanol–water partition coefficient (Wildman–Crippen LogP) is 1.75. The maximum Gasteiger partial charge on any atom is 0.305 e. The summed E-state index contributed by atoms with van der Waals surface area (Å²) in [6, 6.07) is 0. The van der Waals surface area contributed by atoms with Crippen LogP contribution in [0.1, 0.15) is 40.0 Å². The molecule has 0 aliphatic heterocycles. The third-order valence-corrected chi connectivity index (χ3v) is 2.55. The molecule has 0 aliphatic rings. The predicted molar refractivity (Wildman–Crippen MR) is 58.6 cm³/mol. The maximum atomic E-state index is 11.7. The number of carbonyl (C=O) groups excluding carboxylic acids is 1. The largest absolute Gasteiger partial charge is 0.481 e. The third-order valence-electron chi connectivity index (χ3n) is 2.55. The minimum atomic E-state index is -0.857. The van der Waals surface area contributed by atoms with Gasteiger partial charge in [0.2, 0.25) is 5.91 Å². The highest BCUT2D eigenvalue weighted by Crippen LogP contribution is 2.09. The van der Waals surface area contributed by atoms with Crippen LogP contribution in [0.5, 0.6) is 0 Å². The summed E-state index contributed by atoms with van der Waals surface area (Å²) in [6.07, 6.45) is 1.52. The van der Waals surface area contributed by atoms with E-state index in [1.165, 1.54) is 0 Å². The summed E-state index contributed by atoms with van der Waals surface area (Å²) in [6.45, 7) is 6.86. The molecule has 0 rings (SSSR count). The lowest BCUT2D eigenvalue weighted by Gasteiger charge is -2.21. The van der Waals surface area contributed by atoms with Gasteiger partial charge in [-0.1, -0.05) is 20.3 Å². The Morgan fingerprint density at radius 3 is 2.33 bits per heavy atom. The van der Waals surface area contributed by atoms with E-state index in [9.17, 15) is 9.59 Å². The summed E-state index contributed by atoms with van der Waals surface area (Å²) >= 11 is 0. The molecule has 0 spiro atoms. The van der Waals surface area contributed by atoms with E-state index in [-0.39, 0.29) is 12.3 Å². The maximum absolute atomic E-state index is 11.7. The molecule has 1 amide bonds. The van der Waals surface area contributed by atoms with E-state index in [0.717, 1.165) is 6.42 Å². The molecule has 1 unspecified atom stereocenters. The van der Waals surface area contributed by atoms with E-state index in [4.69, 9.17) is 5.11 Å². The second kappa shape index (κ2) is 7.26. The van der Waals surface area contributed by atoms with Gasteiger partial charge >= 0.3 is 5.97 Å². The van der Waals surface area contributed by atoms with Crippen molar-refractivity contribution in [3.05, 3.63) is 0 Å². The summed E-state index contributed by atoms with van der Waals surface area (Å²) in [5, 5.41) is 8.53. The Bertz CT molecular complexity index is 216. The van der Waals surface area contributed by atoms with E-state index in [1.807, 2.05) is 20.8 Å². The first-order chi connectivity index (χ1) is 7.01. The van der Waals surface area contributed by atoms with Crippen molar-refractivity contribution in [2.45, 2.75) is 40.0 Å². The fourth-order valence-corrected chi connectivity index (χ4v) is 1.26. The fraction of sp³-hybridized carbons (Fsp3) is 0.818. The standard InChI is InChI=1S/C11H21NO3/c1-4-9(3)8-10(13)12(5-2)7-6-11(14)15/h9H,4-8H2,1-3H3,(H,14,15). The minimum absolute atomic E-state index is 0.0279. The molecule has 0 aliphatic carbocycles. The minimum Gasteiger partial charge on any atom is -0.481 e. The molecule has 1 atom stereocenters. The van der Waals surface area contributed by atoms with Gasteiger partial charge in [-0.05, 0) is 12.8 Å². The number of hydrogen-bond acceptors (Lipinski definition) is 2. The lowest BCUT2D eigenvalue weighted by atomic mass is 10.0. The topological polar surface area (TPSA) is 57.6 Å². The Hall–Kier alpha value is -1.06. The summed E-state index contributed by atoms with van der Waals surface area (Å²) in [4.78, 5) is 23.7. The first-order valence-corrected chi connectivity index (χ1v) is 5.50. The normalized spacial score (nSPS) is 12.2. The van der Waals surface area contributed by atoms with Gasteiger partial charge in [0.05, 0.1) is 6.42 Å². The Morgan fingerprint density at radius 1 is 1.33 bits per heavy atom.